The summed E-state index contributed by atoms with van der Waals surface area (Å²) >= 11 is 0. The Hall–Kier alpha value is -10.2. The minimum Gasteiger partial charge on any atom is -0.338 e. The third-order valence-electron chi connectivity index (χ3n) is 14.2. The smallest absolute Gasteiger partial charge is 0.240 e. The summed E-state index contributed by atoms with van der Waals surface area (Å²) in [6.07, 6.45) is 9.02. The molecule has 0 saturated carbocycles. The number of hydrogen-bond donors (Lipinski definition) is 6. The first kappa shape index (κ1) is 64.8. The summed E-state index contributed by atoms with van der Waals surface area (Å²) in [6, 6.07) is 44.1. The molecule has 15 nitrogen and oxygen atoms in total. The predicted octanol–water partition coefficient (Wildman–Crippen LogP) is 14.2. The van der Waals surface area contributed by atoms with E-state index in [0.29, 0.717) is 73.4 Å². The van der Waals surface area contributed by atoms with Gasteiger partial charge >= 0.3 is 0 Å². The second-order valence-electron chi connectivity index (χ2n) is 20.3. The summed E-state index contributed by atoms with van der Waals surface area (Å²) in [5, 5.41) is 0. The molecule has 0 aliphatic carbocycles. The zero-order valence-electron chi connectivity index (χ0n) is 48.8. The van der Waals surface area contributed by atoms with E-state index in [2.05, 4.69) is 44.1 Å². The number of aromatic amines is 3. The van der Waals surface area contributed by atoms with E-state index >= 15 is 0 Å². The lowest BCUT2D eigenvalue weighted by Gasteiger charge is -2.09. The molecule has 0 saturated heterocycles. The SMILES string of the molecule is CNS(=O)(=O)c1ccccc1-c1ccc2nc(/C=C/c3cc(C)cc(F)c3)[nH]c2c1.CNS(=O)(=O)c1ccccc1-c1ccc2nc(/C=C/c3cc(F)c(F)cc3F)[nH]c2c1.CNS(=O)(=O)c1ccccc1-c1ccc2nc(/C=C/c3ccc(F)c(F)c3F)[nH]c2c1. The highest BCUT2D eigenvalue weighted by atomic mass is 32.2. The third kappa shape index (κ3) is 14.5. The maximum absolute atomic E-state index is 13.8. The number of aryl methyl sites for hydroxylation is 1. The van der Waals surface area contributed by atoms with Crippen LogP contribution in [-0.4, -0.2) is 76.3 Å². The van der Waals surface area contributed by atoms with Gasteiger partial charge in [0.05, 0.1) is 47.8 Å². The van der Waals surface area contributed by atoms with Crippen molar-refractivity contribution >= 4 is 99.6 Å². The number of fused-ring (bicyclic) bond motifs is 3. The normalized spacial score (nSPS) is 12.1. The molecule has 25 heteroatoms. The Morgan fingerprint density at radius 1 is 0.370 bits per heavy atom. The standard InChI is InChI=1S/C23H20FN3O2S.2C22H16F3N3O2S/c1-15-11-16(13-18(24)12-15)7-10-23-26-20-9-8-17(14-21(20)27-23)19-5-3-4-6-22(19)30(28,29)25-2;1-26-31(29,30)19-5-3-2-4-15(19)14-7-10-17-18(12-14)28-20(27-17)11-8-13-6-9-16(23)22(25)21(13)24;1-26-31(29,30)21-5-3-2-4-15(21)13-6-8-19-20(11-13)28-22(27-19)9-7-14-10-17(24)18(25)12-16(14)23/h3-14,25H,1-2H3,(H,26,27);2*2-12,26H,1H3,(H,27,28)/b10-7+;11-8+;9-7+. The number of benzene rings is 9. The molecule has 0 radical (unpaired) electrons. The minimum atomic E-state index is -3.65. The van der Waals surface area contributed by atoms with Crippen molar-refractivity contribution in [3.05, 3.63) is 250 Å². The topological polar surface area (TPSA) is 225 Å². The molecule has 0 spiro atoms. The molecule has 0 aliphatic heterocycles. The maximum atomic E-state index is 13.8. The van der Waals surface area contributed by atoms with E-state index in [1.165, 1.54) is 69.7 Å². The second-order valence-corrected chi connectivity index (χ2v) is 25.9. The van der Waals surface area contributed by atoms with E-state index in [4.69, 9.17) is 0 Å². The molecule has 0 atom stereocenters. The zero-order valence-corrected chi connectivity index (χ0v) is 51.2. The predicted molar refractivity (Wildman–Crippen MR) is 344 cm³/mol. The van der Waals surface area contributed by atoms with Crippen molar-refractivity contribution in [3.8, 4) is 33.4 Å². The summed E-state index contributed by atoms with van der Waals surface area (Å²) in [7, 11) is -6.82. The van der Waals surface area contributed by atoms with Gasteiger partial charge in [0.1, 0.15) is 29.1 Å². The van der Waals surface area contributed by atoms with Crippen LogP contribution < -0.4 is 14.2 Å². The van der Waals surface area contributed by atoms with Crippen LogP contribution in [0.15, 0.2) is 185 Å². The van der Waals surface area contributed by atoms with Crippen LogP contribution in [0, 0.1) is 47.6 Å². The lowest BCUT2D eigenvalue weighted by molar-refractivity contribution is 0.446. The highest BCUT2D eigenvalue weighted by molar-refractivity contribution is 7.90. The van der Waals surface area contributed by atoms with E-state index < -0.39 is 65.0 Å². The summed E-state index contributed by atoms with van der Waals surface area (Å²) in [4.78, 5) is 23.0. The van der Waals surface area contributed by atoms with Crippen LogP contribution in [0.3, 0.4) is 0 Å². The number of halogens is 7. The van der Waals surface area contributed by atoms with Gasteiger partial charge in [0.25, 0.3) is 0 Å². The van der Waals surface area contributed by atoms with Gasteiger partial charge in [-0.15, -0.1) is 0 Å². The van der Waals surface area contributed by atoms with Crippen LogP contribution in [-0.2, 0) is 30.1 Å². The van der Waals surface area contributed by atoms with Gasteiger partial charge in [0.15, 0.2) is 29.1 Å². The van der Waals surface area contributed by atoms with Gasteiger partial charge in [-0.1, -0.05) is 84.9 Å². The minimum absolute atomic E-state index is 0.119. The number of imidazole rings is 3. The summed E-state index contributed by atoms with van der Waals surface area (Å²) in [6.45, 7) is 1.84. The van der Waals surface area contributed by atoms with Crippen LogP contribution in [0.1, 0.15) is 39.7 Å². The Balaban J connectivity index is 0.000000151. The Labute approximate surface area is 523 Å². The maximum Gasteiger partial charge on any atom is 0.240 e. The van der Waals surface area contributed by atoms with Crippen LogP contribution in [0.4, 0.5) is 30.7 Å². The first-order valence-corrected chi connectivity index (χ1v) is 32.1. The van der Waals surface area contributed by atoms with Crippen molar-refractivity contribution < 1.29 is 56.0 Å². The van der Waals surface area contributed by atoms with E-state index in [9.17, 15) is 56.0 Å². The Morgan fingerprint density at radius 2 is 0.761 bits per heavy atom. The molecular formula is C67H52F7N9O6S3. The number of nitrogens with zero attached hydrogens (tertiary/aromatic N) is 3. The van der Waals surface area contributed by atoms with Gasteiger partial charge < -0.3 is 15.0 Å². The molecule has 92 heavy (non-hydrogen) atoms. The molecule has 6 N–H and O–H groups in total. The van der Waals surface area contributed by atoms with Crippen molar-refractivity contribution in [2.24, 2.45) is 0 Å². The number of aromatic nitrogens is 6. The van der Waals surface area contributed by atoms with Crippen molar-refractivity contribution in [2.45, 2.75) is 21.6 Å². The van der Waals surface area contributed by atoms with Gasteiger partial charge in [-0.25, -0.2) is 85.1 Å². The molecule has 0 unspecified atom stereocenters. The Kier molecular flexibility index (Phi) is 19.1. The Bertz CT molecular complexity index is 5080. The van der Waals surface area contributed by atoms with Gasteiger partial charge in [-0.05, 0) is 171 Å². The first-order chi connectivity index (χ1) is 43.9. The fourth-order valence-electron chi connectivity index (χ4n) is 9.68. The summed E-state index contributed by atoms with van der Waals surface area (Å²) in [5.74, 6) is -6.29. The lowest BCUT2D eigenvalue weighted by Crippen LogP contribution is -2.19. The van der Waals surface area contributed by atoms with E-state index in [-0.39, 0.29) is 31.6 Å². The van der Waals surface area contributed by atoms with Crippen LogP contribution in [0.25, 0.3) is 103 Å². The number of sulfonamides is 3. The van der Waals surface area contributed by atoms with Gasteiger partial charge in [-0.2, -0.15) is 0 Å². The van der Waals surface area contributed by atoms with E-state index in [1.54, 1.807) is 109 Å². The number of nitrogens with one attached hydrogen (secondary N) is 6. The van der Waals surface area contributed by atoms with Gasteiger partial charge in [0, 0.05) is 33.9 Å². The number of hydrogen-bond acceptors (Lipinski definition) is 9. The van der Waals surface area contributed by atoms with Crippen LogP contribution >= 0.6 is 0 Å². The van der Waals surface area contributed by atoms with E-state index in [0.717, 1.165) is 45.9 Å². The largest absolute Gasteiger partial charge is 0.338 e. The molecule has 0 bridgehead atoms. The van der Waals surface area contributed by atoms with Crippen molar-refractivity contribution in [2.75, 3.05) is 21.1 Å². The average Bonchev–Trinajstić information content (AvgIpc) is 1.51. The van der Waals surface area contributed by atoms with Gasteiger partial charge in [0.2, 0.25) is 30.1 Å². The molecule has 12 aromatic rings. The number of rotatable bonds is 15. The lowest BCUT2D eigenvalue weighted by atomic mass is 10.1. The third-order valence-corrected chi connectivity index (χ3v) is 18.6. The fourth-order valence-corrected chi connectivity index (χ4v) is 12.5. The van der Waals surface area contributed by atoms with Crippen LogP contribution in [0.5, 0.6) is 0 Å². The molecule has 0 amide bonds. The molecule has 0 aliphatic rings. The monoisotopic (exact) mass is 1310 g/mol. The van der Waals surface area contributed by atoms with Crippen LogP contribution in [0.2, 0.25) is 0 Å². The molecule has 3 heterocycles. The molecule has 9 aromatic carbocycles. The molecule has 3 aromatic heterocycles. The summed E-state index contributed by atoms with van der Waals surface area (Å²) in [5.41, 5.74) is 9.07. The van der Waals surface area contributed by atoms with Crippen molar-refractivity contribution in [1.29, 1.82) is 0 Å². The van der Waals surface area contributed by atoms with E-state index in [1.807, 2.05) is 31.2 Å². The quantitative estimate of drug-likeness (QED) is 0.0326. The first-order valence-electron chi connectivity index (χ1n) is 27.6. The van der Waals surface area contributed by atoms with Gasteiger partial charge in [-0.3, -0.25) is 0 Å². The molecule has 12 rings (SSSR count). The van der Waals surface area contributed by atoms with Crippen molar-refractivity contribution in [3.63, 3.8) is 0 Å². The zero-order chi connectivity index (χ0) is 65.6. The highest BCUT2D eigenvalue weighted by Crippen LogP contribution is 2.33. The highest BCUT2D eigenvalue weighted by Gasteiger charge is 2.21. The molecule has 468 valence electrons. The summed E-state index contributed by atoms with van der Waals surface area (Å²) < 4.78 is 175. The number of H-pyrrole nitrogens is 3. The fraction of sp³-hybridized carbons (Fsp3) is 0.0597. The second kappa shape index (κ2) is 27.1. The average molecular weight is 1310 g/mol. The molecule has 0 fully saturated rings. The Morgan fingerprint density at radius 3 is 1.17 bits per heavy atom. The van der Waals surface area contributed by atoms with Crippen molar-refractivity contribution in [1.82, 2.24) is 44.1 Å². The molecular weight excluding hydrogens is 1260 g/mol.